The van der Waals surface area contributed by atoms with E-state index >= 15 is 0 Å². The van der Waals surface area contributed by atoms with E-state index in [1.165, 1.54) is 6.42 Å². The van der Waals surface area contributed by atoms with Crippen molar-refractivity contribution in [2.75, 3.05) is 33.0 Å². The molecule has 3 heteroatoms. The molecule has 0 saturated carbocycles. The van der Waals surface area contributed by atoms with Crippen LogP contribution >= 0.6 is 0 Å². The molecule has 0 bridgehead atoms. The van der Waals surface area contributed by atoms with E-state index in [1.54, 1.807) is 0 Å². The van der Waals surface area contributed by atoms with Gasteiger partial charge in [-0.2, -0.15) is 0 Å². The summed E-state index contributed by atoms with van der Waals surface area (Å²) < 4.78 is 15.9. The highest BCUT2D eigenvalue weighted by Gasteiger charge is 2.07. The lowest BCUT2D eigenvalue weighted by Crippen LogP contribution is -2.25. The summed E-state index contributed by atoms with van der Waals surface area (Å²) in [6, 6.07) is 0. The summed E-state index contributed by atoms with van der Waals surface area (Å²) in [6.45, 7) is 13.6. The van der Waals surface area contributed by atoms with Crippen LogP contribution in [0.3, 0.4) is 0 Å². The fourth-order valence-electron chi connectivity index (χ4n) is 0.879. The number of hydrogen-bond donors (Lipinski definition) is 0. The van der Waals surface area contributed by atoms with Crippen LogP contribution < -0.4 is 0 Å². The van der Waals surface area contributed by atoms with Gasteiger partial charge in [-0.3, -0.25) is 0 Å². The molecule has 0 radical (unpaired) electrons. The van der Waals surface area contributed by atoms with Crippen molar-refractivity contribution in [3.05, 3.63) is 0 Å². The average molecular weight is 220 g/mol. The molecule has 0 spiro atoms. The lowest BCUT2D eigenvalue weighted by atomic mass is 10.4. The van der Waals surface area contributed by atoms with Crippen LogP contribution in [0.1, 0.15) is 41.0 Å². The van der Waals surface area contributed by atoms with Gasteiger partial charge in [0.2, 0.25) is 0 Å². The first kappa shape index (κ1) is 17.3. The van der Waals surface area contributed by atoms with E-state index in [1.807, 2.05) is 20.8 Å². The van der Waals surface area contributed by atoms with Gasteiger partial charge < -0.3 is 14.2 Å². The average Bonchev–Trinajstić information content (AvgIpc) is 2.23. The van der Waals surface area contributed by atoms with Crippen molar-refractivity contribution in [2.45, 2.75) is 47.1 Å². The Bertz CT molecular complexity index is 88.9. The maximum Gasteiger partial charge on any atom is 0.104 e. The van der Waals surface area contributed by atoms with E-state index < -0.39 is 0 Å². The Labute approximate surface area is 95.1 Å². The zero-order valence-electron chi connectivity index (χ0n) is 11.0. The highest BCUT2D eigenvalue weighted by atomic mass is 16.6. The van der Waals surface area contributed by atoms with Crippen LogP contribution in [0.25, 0.3) is 0 Å². The number of ether oxygens (including phenoxy) is 3. The molecule has 0 amide bonds. The van der Waals surface area contributed by atoms with Crippen LogP contribution in [0, 0.1) is 0 Å². The van der Waals surface area contributed by atoms with Crippen molar-refractivity contribution in [2.24, 2.45) is 0 Å². The largest absolute Gasteiger partial charge is 0.379 e. The molecule has 0 aromatic heterocycles. The summed E-state index contributed by atoms with van der Waals surface area (Å²) in [5, 5.41) is 0. The second-order valence-electron chi connectivity index (χ2n) is 3.10. The Balaban J connectivity index is 0. The third-order valence-corrected chi connectivity index (χ3v) is 1.42. The first-order valence-corrected chi connectivity index (χ1v) is 6.03. The third-order valence-electron chi connectivity index (χ3n) is 1.42. The Morgan fingerprint density at radius 1 is 0.733 bits per heavy atom. The molecule has 0 aromatic carbocycles. The lowest BCUT2D eigenvalue weighted by molar-refractivity contribution is -0.0524. The molecule has 0 fully saturated rings. The van der Waals surface area contributed by atoms with Crippen LogP contribution in [0.15, 0.2) is 0 Å². The molecule has 0 aliphatic carbocycles. The number of hydrogen-bond acceptors (Lipinski definition) is 3. The van der Waals surface area contributed by atoms with E-state index in [2.05, 4.69) is 13.8 Å². The van der Waals surface area contributed by atoms with Gasteiger partial charge in [0.25, 0.3) is 0 Å². The summed E-state index contributed by atoms with van der Waals surface area (Å²) in [7, 11) is 0. The van der Waals surface area contributed by atoms with Crippen LogP contribution in [-0.4, -0.2) is 39.1 Å². The van der Waals surface area contributed by atoms with E-state index in [4.69, 9.17) is 14.2 Å². The van der Waals surface area contributed by atoms with Gasteiger partial charge >= 0.3 is 0 Å². The predicted molar refractivity (Wildman–Crippen MR) is 64.4 cm³/mol. The van der Waals surface area contributed by atoms with Crippen molar-refractivity contribution in [3.63, 3.8) is 0 Å². The molecule has 0 rings (SSSR count). The molecule has 0 aliphatic heterocycles. The van der Waals surface area contributed by atoms with Crippen LogP contribution in [-0.2, 0) is 14.2 Å². The molecule has 0 aliphatic rings. The molecule has 0 aromatic rings. The molecule has 0 N–H and O–H groups in total. The van der Waals surface area contributed by atoms with Crippen molar-refractivity contribution in [3.8, 4) is 0 Å². The smallest absolute Gasteiger partial charge is 0.104 e. The van der Waals surface area contributed by atoms with Gasteiger partial charge in [-0.05, 0) is 20.8 Å². The van der Waals surface area contributed by atoms with Crippen molar-refractivity contribution in [1.29, 1.82) is 0 Å². The minimum Gasteiger partial charge on any atom is -0.379 e. The standard InChI is InChI=1S/C9H20O3.C3H8/c1-4-10-7-9(12-6-3)8-11-5-2;1-3-2/h9H,4-8H2,1-3H3;3H2,1-2H3. The molecule has 0 unspecified atom stereocenters. The third kappa shape index (κ3) is 16.5. The van der Waals surface area contributed by atoms with Crippen molar-refractivity contribution >= 4 is 0 Å². The lowest BCUT2D eigenvalue weighted by Gasteiger charge is -2.16. The Morgan fingerprint density at radius 2 is 1.13 bits per heavy atom. The van der Waals surface area contributed by atoms with Gasteiger partial charge in [0.1, 0.15) is 6.10 Å². The van der Waals surface area contributed by atoms with Gasteiger partial charge in [-0.1, -0.05) is 20.3 Å². The molecular formula is C12H28O3. The van der Waals surface area contributed by atoms with Gasteiger partial charge in [-0.15, -0.1) is 0 Å². The molecule has 15 heavy (non-hydrogen) atoms. The van der Waals surface area contributed by atoms with Crippen LogP contribution in [0.5, 0.6) is 0 Å². The SMILES string of the molecule is CCC.CCOCC(COCC)OCC. The Hall–Kier alpha value is -0.120. The van der Waals surface area contributed by atoms with Gasteiger partial charge in [0, 0.05) is 19.8 Å². The molecule has 0 atom stereocenters. The maximum absolute atomic E-state index is 5.40. The normalized spacial score (nSPS) is 10.0. The fraction of sp³-hybridized carbons (Fsp3) is 1.00. The minimum atomic E-state index is 0.0925. The highest BCUT2D eigenvalue weighted by Crippen LogP contribution is 1.94. The minimum absolute atomic E-state index is 0.0925. The Kier molecular flexibility index (Phi) is 18.8. The van der Waals surface area contributed by atoms with Crippen LogP contribution in [0.2, 0.25) is 0 Å². The first-order valence-electron chi connectivity index (χ1n) is 6.03. The van der Waals surface area contributed by atoms with E-state index in [-0.39, 0.29) is 6.10 Å². The fourth-order valence-corrected chi connectivity index (χ4v) is 0.879. The summed E-state index contributed by atoms with van der Waals surface area (Å²) in [5.41, 5.74) is 0. The monoisotopic (exact) mass is 220 g/mol. The Morgan fingerprint density at radius 3 is 1.40 bits per heavy atom. The topological polar surface area (TPSA) is 27.7 Å². The summed E-state index contributed by atoms with van der Waals surface area (Å²) >= 11 is 0. The zero-order valence-corrected chi connectivity index (χ0v) is 11.0. The van der Waals surface area contributed by atoms with Gasteiger partial charge in [-0.25, -0.2) is 0 Å². The van der Waals surface area contributed by atoms with Crippen molar-refractivity contribution < 1.29 is 14.2 Å². The predicted octanol–water partition coefficient (Wildman–Crippen LogP) is 2.88. The van der Waals surface area contributed by atoms with Gasteiger partial charge in [0.05, 0.1) is 13.2 Å². The van der Waals surface area contributed by atoms with E-state index in [0.29, 0.717) is 19.8 Å². The van der Waals surface area contributed by atoms with Gasteiger partial charge in [0.15, 0.2) is 0 Å². The second-order valence-corrected chi connectivity index (χ2v) is 3.10. The molecule has 0 heterocycles. The van der Waals surface area contributed by atoms with Crippen molar-refractivity contribution in [1.82, 2.24) is 0 Å². The number of rotatable bonds is 8. The first-order chi connectivity index (χ1) is 7.26. The van der Waals surface area contributed by atoms with E-state index in [9.17, 15) is 0 Å². The molecular weight excluding hydrogens is 192 g/mol. The maximum atomic E-state index is 5.40. The second kappa shape index (κ2) is 16.3. The summed E-state index contributed by atoms with van der Waals surface area (Å²) in [5.74, 6) is 0. The quantitative estimate of drug-likeness (QED) is 0.629. The molecule has 0 saturated heterocycles. The summed E-state index contributed by atoms with van der Waals surface area (Å²) in [6.07, 6.45) is 1.34. The molecule has 3 nitrogen and oxygen atoms in total. The van der Waals surface area contributed by atoms with Crippen LogP contribution in [0.4, 0.5) is 0 Å². The molecule has 94 valence electrons. The van der Waals surface area contributed by atoms with E-state index in [0.717, 1.165) is 13.2 Å². The zero-order chi connectivity index (χ0) is 11.9. The highest BCUT2D eigenvalue weighted by molar-refractivity contribution is 4.54. The summed E-state index contributed by atoms with van der Waals surface area (Å²) in [4.78, 5) is 0.